The van der Waals surface area contributed by atoms with Crippen LogP contribution in [0.3, 0.4) is 0 Å². The maximum absolute atomic E-state index is 11.9. The van der Waals surface area contributed by atoms with E-state index < -0.39 is 11.4 Å². The number of nitrogens with one attached hydrogen (secondary N) is 1. The van der Waals surface area contributed by atoms with Crippen molar-refractivity contribution in [1.82, 2.24) is 5.32 Å². The minimum atomic E-state index is -0.576. The minimum absolute atomic E-state index is 0.107. The summed E-state index contributed by atoms with van der Waals surface area (Å²) in [5.41, 5.74) is -0.434. The maximum atomic E-state index is 11.9. The molecule has 0 aromatic heterocycles. The number of phenols is 1. The van der Waals surface area contributed by atoms with Gasteiger partial charge in [0.1, 0.15) is 5.75 Å². The first-order valence-electron chi connectivity index (χ1n) is 5.19. The third kappa shape index (κ3) is 3.51. The first-order chi connectivity index (χ1) is 7.74. The number of hydrogen-bond donors (Lipinski definition) is 2. The molecule has 1 aromatic carbocycles. The highest BCUT2D eigenvalue weighted by molar-refractivity contribution is 6.31. The van der Waals surface area contributed by atoms with Crippen molar-refractivity contribution >= 4 is 29.1 Å². The number of carbonyl (C=O) groups excluding carboxylic acids is 1. The van der Waals surface area contributed by atoms with Crippen molar-refractivity contribution in [3.05, 3.63) is 28.8 Å². The number of halogens is 2. The molecule has 5 heteroatoms. The molecule has 0 aliphatic heterocycles. The molecule has 2 N–H and O–H groups in total. The van der Waals surface area contributed by atoms with Gasteiger partial charge < -0.3 is 10.4 Å². The number of rotatable bonds is 3. The molecule has 1 amide bonds. The van der Waals surface area contributed by atoms with Gasteiger partial charge in [-0.1, -0.05) is 11.6 Å². The number of carbonyl (C=O) groups is 1. The van der Waals surface area contributed by atoms with E-state index in [0.29, 0.717) is 5.02 Å². The Labute approximate surface area is 111 Å². The van der Waals surface area contributed by atoms with Crippen LogP contribution in [0.2, 0.25) is 5.02 Å². The van der Waals surface area contributed by atoms with Crippen molar-refractivity contribution in [1.29, 1.82) is 0 Å². The van der Waals surface area contributed by atoms with E-state index in [2.05, 4.69) is 5.32 Å². The van der Waals surface area contributed by atoms with Crippen LogP contribution in [0.15, 0.2) is 18.2 Å². The van der Waals surface area contributed by atoms with Crippen molar-refractivity contribution in [3.8, 4) is 5.75 Å². The Morgan fingerprint density at radius 1 is 1.47 bits per heavy atom. The number of alkyl halides is 1. The lowest BCUT2D eigenvalue weighted by Crippen LogP contribution is -2.49. The zero-order valence-corrected chi connectivity index (χ0v) is 11.4. The molecule has 0 aliphatic rings. The van der Waals surface area contributed by atoms with E-state index in [1.165, 1.54) is 18.2 Å². The summed E-state index contributed by atoms with van der Waals surface area (Å²) in [6.07, 6.45) is 0. The van der Waals surface area contributed by atoms with E-state index >= 15 is 0 Å². The van der Waals surface area contributed by atoms with Crippen molar-refractivity contribution < 1.29 is 9.90 Å². The fourth-order valence-corrected chi connectivity index (χ4v) is 1.38. The highest BCUT2D eigenvalue weighted by Crippen LogP contribution is 2.23. The second-order valence-corrected chi connectivity index (χ2v) is 5.54. The van der Waals surface area contributed by atoms with Gasteiger partial charge in [-0.25, -0.2) is 0 Å². The Bertz CT molecular complexity index is 431. The molecule has 0 aliphatic carbocycles. The van der Waals surface area contributed by atoms with E-state index in [-0.39, 0.29) is 16.7 Å². The van der Waals surface area contributed by atoms with Crippen LogP contribution in [0, 0.1) is 0 Å². The second-order valence-electron chi connectivity index (χ2n) is 4.45. The van der Waals surface area contributed by atoms with Gasteiger partial charge in [-0.3, -0.25) is 4.79 Å². The monoisotopic (exact) mass is 275 g/mol. The Morgan fingerprint density at radius 3 is 2.59 bits per heavy atom. The van der Waals surface area contributed by atoms with E-state index in [1.54, 1.807) is 6.92 Å². The Hall–Kier alpha value is -0.930. The van der Waals surface area contributed by atoms with Gasteiger partial charge in [-0.15, -0.1) is 11.6 Å². The molecule has 0 radical (unpaired) electrons. The topological polar surface area (TPSA) is 49.3 Å². The minimum Gasteiger partial charge on any atom is -0.507 e. The van der Waals surface area contributed by atoms with E-state index in [9.17, 15) is 9.90 Å². The molecule has 0 saturated carbocycles. The average Bonchev–Trinajstić information content (AvgIpc) is 2.20. The third-order valence-corrected chi connectivity index (χ3v) is 3.41. The number of benzene rings is 1. The lowest BCUT2D eigenvalue weighted by molar-refractivity contribution is 0.0910. The average molecular weight is 276 g/mol. The third-order valence-electron chi connectivity index (χ3n) is 2.63. The number of hydrogen-bond acceptors (Lipinski definition) is 2. The molecule has 17 heavy (non-hydrogen) atoms. The van der Waals surface area contributed by atoms with Gasteiger partial charge in [0, 0.05) is 5.02 Å². The molecule has 94 valence electrons. The summed E-state index contributed by atoms with van der Waals surface area (Å²) in [7, 11) is 0. The summed E-state index contributed by atoms with van der Waals surface area (Å²) in [5, 5.41) is 12.5. The fraction of sp³-hybridized carbons (Fsp3) is 0.417. The smallest absolute Gasteiger partial charge is 0.255 e. The molecule has 0 saturated heterocycles. The van der Waals surface area contributed by atoms with Crippen LogP contribution < -0.4 is 5.32 Å². The number of phenolic OH excluding ortho intramolecular Hbond substituents is 1. The molecule has 1 unspecified atom stereocenters. The molecule has 1 aromatic rings. The fourth-order valence-electron chi connectivity index (χ4n) is 1.15. The van der Waals surface area contributed by atoms with E-state index in [0.717, 1.165) is 0 Å². The number of amides is 1. The summed E-state index contributed by atoms with van der Waals surface area (Å²) in [6.45, 7) is 5.41. The summed E-state index contributed by atoms with van der Waals surface area (Å²) in [6, 6.07) is 4.32. The maximum Gasteiger partial charge on any atom is 0.255 e. The largest absolute Gasteiger partial charge is 0.507 e. The first-order valence-corrected chi connectivity index (χ1v) is 6.00. The van der Waals surface area contributed by atoms with Gasteiger partial charge in [0.15, 0.2) is 0 Å². The lowest BCUT2D eigenvalue weighted by Gasteiger charge is -2.29. The Morgan fingerprint density at radius 2 is 2.06 bits per heavy atom. The molecule has 0 bridgehead atoms. The summed E-state index contributed by atoms with van der Waals surface area (Å²) < 4.78 is 0. The van der Waals surface area contributed by atoms with Crippen molar-refractivity contribution in [2.24, 2.45) is 0 Å². The van der Waals surface area contributed by atoms with Gasteiger partial charge in [0.2, 0.25) is 0 Å². The van der Waals surface area contributed by atoms with Crippen molar-refractivity contribution in [2.75, 3.05) is 0 Å². The molecule has 0 spiro atoms. The summed E-state index contributed by atoms with van der Waals surface area (Å²) in [4.78, 5) is 11.9. The number of aromatic hydroxyl groups is 1. The molecule has 3 nitrogen and oxygen atoms in total. The van der Waals surface area contributed by atoms with Crippen LogP contribution in [0.1, 0.15) is 31.1 Å². The predicted molar refractivity (Wildman–Crippen MR) is 70.0 cm³/mol. The van der Waals surface area contributed by atoms with Gasteiger partial charge in [-0.2, -0.15) is 0 Å². The molecule has 0 fully saturated rings. The first kappa shape index (κ1) is 14.1. The van der Waals surface area contributed by atoms with Gasteiger partial charge in [0.25, 0.3) is 5.91 Å². The van der Waals surface area contributed by atoms with Crippen LogP contribution in [-0.2, 0) is 0 Å². The Kier molecular flexibility index (Phi) is 4.28. The highest BCUT2D eigenvalue weighted by Gasteiger charge is 2.27. The van der Waals surface area contributed by atoms with Crippen LogP contribution >= 0.6 is 23.2 Å². The molecular weight excluding hydrogens is 261 g/mol. The van der Waals surface area contributed by atoms with Gasteiger partial charge in [-0.05, 0) is 39.0 Å². The highest BCUT2D eigenvalue weighted by atomic mass is 35.5. The molecule has 1 rings (SSSR count). The van der Waals surface area contributed by atoms with E-state index in [1.807, 2.05) is 13.8 Å². The van der Waals surface area contributed by atoms with Crippen LogP contribution in [-0.4, -0.2) is 21.9 Å². The Balaban J connectivity index is 2.94. The predicted octanol–water partition coefficient (Wildman–Crippen LogP) is 3.18. The second kappa shape index (κ2) is 5.15. The zero-order valence-electron chi connectivity index (χ0n) is 9.92. The molecule has 1 atom stereocenters. The quantitative estimate of drug-likeness (QED) is 0.833. The molecule has 0 heterocycles. The van der Waals surface area contributed by atoms with Gasteiger partial charge in [0.05, 0.1) is 16.5 Å². The van der Waals surface area contributed by atoms with Crippen LogP contribution in [0.4, 0.5) is 0 Å². The zero-order chi connectivity index (χ0) is 13.2. The standard InChI is InChI=1S/C12H15Cl2NO2/c1-7(13)12(2,3)15-11(17)9-6-8(14)4-5-10(9)16/h4-7,16H,1-3H3,(H,15,17). The summed E-state index contributed by atoms with van der Waals surface area (Å²) in [5.74, 6) is -0.507. The van der Waals surface area contributed by atoms with Crippen molar-refractivity contribution in [3.63, 3.8) is 0 Å². The lowest BCUT2D eigenvalue weighted by atomic mass is 10.0. The van der Waals surface area contributed by atoms with Crippen LogP contribution in [0.25, 0.3) is 0 Å². The summed E-state index contributed by atoms with van der Waals surface area (Å²) >= 11 is 11.7. The SMILES string of the molecule is CC(Cl)C(C)(C)NC(=O)c1cc(Cl)ccc1O. The van der Waals surface area contributed by atoms with E-state index in [4.69, 9.17) is 23.2 Å². The van der Waals surface area contributed by atoms with Crippen molar-refractivity contribution in [2.45, 2.75) is 31.7 Å². The van der Waals surface area contributed by atoms with Crippen LogP contribution in [0.5, 0.6) is 5.75 Å². The normalized spacial score (nSPS) is 13.2. The molecular formula is C12H15Cl2NO2. The van der Waals surface area contributed by atoms with Gasteiger partial charge >= 0.3 is 0 Å².